The number of hydrazine groups is 1. The first-order valence-corrected chi connectivity index (χ1v) is 6.19. The number of benzene rings is 1. The molecule has 0 bridgehead atoms. The van der Waals surface area contributed by atoms with E-state index in [9.17, 15) is 14.7 Å². The number of carbonyl (C=O) groups is 2. The maximum absolute atomic E-state index is 12.2. The molecule has 0 aromatic heterocycles. The fourth-order valence-corrected chi connectivity index (χ4v) is 1.73. The first-order valence-electron chi connectivity index (χ1n) is 6.19. The van der Waals surface area contributed by atoms with Crippen molar-refractivity contribution in [1.29, 1.82) is 5.39 Å². The van der Waals surface area contributed by atoms with Crippen LogP contribution in [0.25, 0.3) is 4.98 Å². The monoisotopic (exact) mass is 290 g/mol. The Hall–Kier alpha value is -2.92. The third-order valence-corrected chi connectivity index (χ3v) is 2.81. The molecule has 21 heavy (non-hydrogen) atoms. The van der Waals surface area contributed by atoms with Crippen LogP contribution >= 0.6 is 0 Å². The van der Waals surface area contributed by atoms with E-state index in [2.05, 4.69) is 10.3 Å². The zero-order chi connectivity index (χ0) is 15.8. The third-order valence-electron chi connectivity index (χ3n) is 2.81. The molecule has 0 aliphatic carbocycles. The Morgan fingerprint density at radius 1 is 1.38 bits per heavy atom. The van der Waals surface area contributed by atoms with Crippen LogP contribution in [0.4, 0.5) is 0 Å². The van der Waals surface area contributed by atoms with E-state index < -0.39 is 17.9 Å². The molecule has 1 aromatic carbocycles. The summed E-state index contributed by atoms with van der Waals surface area (Å²) in [4.78, 5) is 26.5. The van der Waals surface area contributed by atoms with Crippen LogP contribution in [0, 0.1) is 5.39 Å². The van der Waals surface area contributed by atoms with E-state index >= 15 is 0 Å². The van der Waals surface area contributed by atoms with Crippen molar-refractivity contribution in [2.75, 3.05) is 0 Å². The van der Waals surface area contributed by atoms with E-state index in [-0.39, 0.29) is 16.9 Å². The van der Waals surface area contributed by atoms with Crippen molar-refractivity contribution in [2.45, 2.75) is 19.4 Å². The van der Waals surface area contributed by atoms with Gasteiger partial charge < -0.3 is 10.4 Å². The van der Waals surface area contributed by atoms with Crippen molar-refractivity contribution >= 4 is 11.8 Å². The van der Waals surface area contributed by atoms with Gasteiger partial charge in [-0.2, -0.15) is 0 Å². The number of aliphatic hydroxyl groups is 1. The molecular weight excluding hydrogens is 274 g/mol. The quantitative estimate of drug-likeness (QED) is 0.211. The molecule has 5 N–H and O–H groups in total. The molecule has 0 saturated carbocycles. The van der Waals surface area contributed by atoms with Gasteiger partial charge in [0.05, 0.1) is 17.2 Å². The minimum absolute atomic E-state index is 0.114. The molecule has 0 fully saturated rings. The Morgan fingerprint density at radius 2 is 1.95 bits per heavy atom. The van der Waals surface area contributed by atoms with Gasteiger partial charge >= 0.3 is 6.20 Å². The number of hydrogen-bond acceptors (Lipinski definition) is 5. The number of nitrogens with one attached hydrogen (secondary N) is 2. The summed E-state index contributed by atoms with van der Waals surface area (Å²) < 4.78 is 0. The van der Waals surface area contributed by atoms with Crippen LogP contribution < -0.4 is 16.6 Å². The Kier molecular flexibility index (Phi) is 5.85. The van der Waals surface area contributed by atoms with Crippen LogP contribution in [-0.4, -0.2) is 23.0 Å². The predicted molar refractivity (Wildman–Crippen MR) is 75.4 cm³/mol. The normalized spacial score (nSPS) is 12.1. The highest BCUT2D eigenvalue weighted by atomic mass is 16.3. The average Bonchev–Trinajstić information content (AvgIpc) is 2.51. The number of amides is 2. The van der Waals surface area contributed by atoms with E-state index in [0.717, 1.165) is 6.20 Å². The van der Waals surface area contributed by atoms with E-state index in [0.29, 0.717) is 6.42 Å². The third kappa shape index (κ3) is 4.02. The summed E-state index contributed by atoms with van der Waals surface area (Å²) in [6, 6.07) is 5.38. The predicted octanol–water partition coefficient (Wildman–Crippen LogP) is 1.05. The summed E-state index contributed by atoms with van der Waals surface area (Å²) in [7, 11) is 0. The van der Waals surface area contributed by atoms with Gasteiger partial charge in [-0.25, -0.2) is 5.84 Å². The molecule has 1 aromatic rings. The van der Waals surface area contributed by atoms with Crippen molar-refractivity contribution in [2.24, 2.45) is 5.84 Å². The number of aliphatic hydroxyl groups excluding tert-OH is 1. The number of nitrogens with zero attached hydrogens (tertiary/aromatic N) is 2. The number of diazo groups is 1. The highest BCUT2D eigenvalue weighted by Gasteiger charge is 2.21. The molecule has 8 nitrogen and oxygen atoms in total. The molecule has 0 radical (unpaired) electrons. The zero-order valence-corrected chi connectivity index (χ0v) is 11.4. The smallest absolute Gasteiger partial charge is 0.389 e. The van der Waals surface area contributed by atoms with Gasteiger partial charge in [0.2, 0.25) is 11.2 Å². The Labute approximate surface area is 121 Å². The van der Waals surface area contributed by atoms with Gasteiger partial charge in [0.1, 0.15) is 0 Å². The molecule has 0 heterocycles. The van der Waals surface area contributed by atoms with E-state index in [1.54, 1.807) is 19.1 Å². The molecule has 0 unspecified atom stereocenters. The topological polar surface area (TPSA) is 133 Å². The molecule has 1 rings (SSSR count). The standard InChI is InChI=1S/C13H15N5O3/c1-2-10(11(19)7-16-14)17-12(20)8-5-3-4-6-9(8)13(21)18-15/h3-7,10,14-15H,2H2,1H3,(H2,17,19,20)/p+1/t10-/m1/s1. The summed E-state index contributed by atoms with van der Waals surface area (Å²) >= 11 is 0. The molecule has 8 heteroatoms. The van der Waals surface area contributed by atoms with Crippen molar-refractivity contribution in [1.82, 2.24) is 10.7 Å². The highest BCUT2D eigenvalue weighted by Crippen LogP contribution is 2.11. The first-order chi connectivity index (χ1) is 10.0. The fraction of sp³-hybridized carbons (Fsp3) is 0.231. The lowest BCUT2D eigenvalue weighted by Gasteiger charge is -2.15. The first kappa shape index (κ1) is 16.1. The SMILES string of the molecule is CC[C@@H](NC(=O)c1ccccc1C(=O)NN)C(O)=C[N+]#N. The van der Waals surface area contributed by atoms with Gasteiger partial charge in [-0.15, -0.1) is 0 Å². The summed E-state index contributed by atoms with van der Waals surface area (Å²) in [5.74, 6) is 3.62. The summed E-state index contributed by atoms with van der Waals surface area (Å²) in [5.41, 5.74) is 2.19. The van der Waals surface area contributed by atoms with Gasteiger partial charge in [0.15, 0.2) is 4.98 Å². The minimum atomic E-state index is -0.734. The van der Waals surface area contributed by atoms with Crippen molar-refractivity contribution in [3.05, 3.63) is 52.3 Å². The number of nitrogens with two attached hydrogens (primary N) is 1. The van der Waals surface area contributed by atoms with Crippen molar-refractivity contribution < 1.29 is 14.7 Å². The molecule has 0 spiro atoms. The van der Waals surface area contributed by atoms with Crippen LogP contribution in [-0.2, 0) is 0 Å². The highest BCUT2D eigenvalue weighted by molar-refractivity contribution is 6.07. The van der Waals surface area contributed by atoms with Crippen LogP contribution in [0.5, 0.6) is 0 Å². The molecular formula is C13H16N5O3+. The summed E-state index contributed by atoms with van der Waals surface area (Å²) in [6.07, 6.45) is 1.20. The van der Waals surface area contributed by atoms with Crippen LogP contribution in [0.1, 0.15) is 34.1 Å². The van der Waals surface area contributed by atoms with Gasteiger partial charge in [-0.05, 0) is 18.6 Å². The van der Waals surface area contributed by atoms with E-state index in [4.69, 9.17) is 11.2 Å². The minimum Gasteiger partial charge on any atom is -0.504 e. The molecule has 0 saturated heterocycles. The molecule has 0 aliphatic rings. The number of nitrogen functional groups attached to an aromatic ring is 1. The van der Waals surface area contributed by atoms with Crippen molar-refractivity contribution in [3.63, 3.8) is 0 Å². The zero-order valence-electron chi connectivity index (χ0n) is 11.4. The van der Waals surface area contributed by atoms with Gasteiger partial charge in [-0.3, -0.25) is 15.0 Å². The van der Waals surface area contributed by atoms with Gasteiger partial charge in [-0.1, -0.05) is 19.1 Å². The maximum Gasteiger partial charge on any atom is 0.389 e. The summed E-state index contributed by atoms with van der Waals surface area (Å²) in [6.45, 7) is 1.73. The number of carbonyl (C=O) groups excluding carboxylic acids is 2. The van der Waals surface area contributed by atoms with E-state index in [1.807, 2.05) is 5.43 Å². The summed E-state index contributed by atoms with van der Waals surface area (Å²) in [5, 5.41) is 20.6. The molecule has 2 amide bonds. The lowest BCUT2D eigenvalue weighted by Crippen LogP contribution is -2.38. The second-order valence-corrected chi connectivity index (χ2v) is 4.12. The number of hydrogen-bond donors (Lipinski definition) is 4. The lowest BCUT2D eigenvalue weighted by atomic mass is 10.1. The Balaban J connectivity index is 3.02. The number of rotatable bonds is 5. The fourth-order valence-electron chi connectivity index (χ4n) is 1.73. The second kappa shape index (κ2) is 7.62. The van der Waals surface area contributed by atoms with Crippen LogP contribution in [0.2, 0.25) is 0 Å². The van der Waals surface area contributed by atoms with E-state index in [1.165, 1.54) is 12.1 Å². The van der Waals surface area contributed by atoms with Gasteiger partial charge in [0, 0.05) is 0 Å². The van der Waals surface area contributed by atoms with Gasteiger partial charge in [0.25, 0.3) is 11.8 Å². The lowest BCUT2D eigenvalue weighted by molar-refractivity contribution is 0.0907. The molecule has 1 atom stereocenters. The average molecular weight is 290 g/mol. The maximum atomic E-state index is 12.2. The van der Waals surface area contributed by atoms with Crippen LogP contribution in [0.3, 0.4) is 0 Å². The molecule has 0 aliphatic heterocycles. The van der Waals surface area contributed by atoms with Crippen molar-refractivity contribution in [3.8, 4) is 0 Å². The van der Waals surface area contributed by atoms with Crippen LogP contribution in [0.15, 0.2) is 36.2 Å². The Bertz CT molecular complexity index is 606. The largest absolute Gasteiger partial charge is 0.504 e. The molecule has 110 valence electrons. The second-order valence-electron chi connectivity index (χ2n) is 4.12. The Morgan fingerprint density at radius 3 is 2.43 bits per heavy atom.